The first-order valence-corrected chi connectivity index (χ1v) is 9.51. The summed E-state index contributed by atoms with van der Waals surface area (Å²) >= 11 is 1.30. The summed E-state index contributed by atoms with van der Waals surface area (Å²) in [6.07, 6.45) is 0. The molecule has 0 aliphatic heterocycles. The molecule has 138 valence electrons. The molecule has 0 aliphatic rings. The number of hydrogen-bond acceptors (Lipinski definition) is 6. The highest BCUT2D eigenvalue weighted by atomic mass is 32.2. The van der Waals surface area contributed by atoms with Crippen LogP contribution < -0.4 is 0 Å². The molecule has 2 aromatic heterocycles. The number of nitrogens with zero attached hydrogens (tertiary/aromatic N) is 5. The molecule has 0 aliphatic carbocycles. The van der Waals surface area contributed by atoms with Gasteiger partial charge in [-0.15, -0.1) is 10.2 Å². The van der Waals surface area contributed by atoms with Crippen LogP contribution in [0, 0.1) is 11.3 Å². The number of imidazole rings is 1. The summed E-state index contributed by atoms with van der Waals surface area (Å²) in [5.74, 6) is 1.21. The third kappa shape index (κ3) is 3.35. The number of aromatic amines is 1. The van der Waals surface area contributed by atoms with E-state index in [2.05, 4.69) is 20.2 Å². The van der Waals surface area contributed by atoms with Gasteiger partial charge in [0.15, 0.2) is 16.8 Å². The Bertz CT molecular complexity index is 1170. The number of para-hydroxylation sites is 2. The molecule has 0 atom stereocenters. The molecule has 2 N–H and O–H groups in total. The van der Waals surface area contributed by atoms with Crippen molar-refractivity contribution in [3.63, 3.8) is 0 Å². The highest BCUT2D eigenvalue weighted by molar-refractivity contribution is 7.99. The van der Waals surface area contributed by atoms with Crippen LogP contribution in [0.3, 0.4) is 0 Å². The van der Waals surface area contributed by atoms with Gasteiger partial charge in [-0.05, 0) is 12.1 Å². The fraction of sp³-hybridized carbons (Fsp3) is 0.100. The zero-order valence-electron chi connectivity index (χ0n) is 15.0. The second-order valence-electron chi connectivity index (χ2n) is 6.06. The van der Waals surface area contributed by atoms with Crippen LogP contribution in [0.1, 0.15) is 5.82 Å². The van der Waals surface area contributed by atoms with E-state index in [-0.39, 0.29) is 17.1 Å². The molecule has 0 radical (unpaired) electrons. The van der Waals surface area contributed by atoms with Crippen molar-refractivity contribution in [2.75, 3.05) is 5.75 Å². The molecule has 0 fully saturated rings. The molecule has 2 aromatic carbocycles. The summed E-state index contributed by atoms with van der Waals surface area (Å²) in [4.78, 5) is 7.45. The summed E-state index contributed by atoms with van der Waals surface area (Å²) in [6, 6.07) is 19.3. The van der Waals surface area contributed by atoms with E-state index in [1.807, 2.05) is 72.3 Å². The Morgan fingerprint density at radius 3 is 2.64 bits per heavy atom. The lowest BCUT2D eigenvalue weighted by Crippen LogP contribution is -1.98. The van der Waals surface area contributed by atoms with E-state index in [1.54, 1.807) is 0 Å². The maximum absolute atomic E-state index is 10.5. The quantitative estimate of drug-likeness (QED) is 0.305. The number of allylic oxidation sites excluding steroid dienone is 1. The molecule has 0 unspecified atom stereocenters. The first-order valence-electron chi connectivity index (χ1n) is 8.52. The van der Waals surface area contributed by atoms with E-state index in [9.17, 15) is 10.4 Å². The average molecular weight is 388 g/mol. The van der Waals surface area contributed by atoms with Crippen molar-refractivity contribution < 1.29 is 5.11 Å². The van der Waals surface area contributed by atoms with E-state index >= 15 is 0 Å². The lowest BCUT2D eigenvalue weighted by Gasteiger charge is -2.04. The van der Waals surface area contributed by atoms with Crippen molar-refractivity contribution >= 4 is 28.4 Å². The second kappa shape index (κ2) is 7.58. The number of fused-ring (bicyclic) bond motifs is 1. The number of nitriles is 1. The summed E-state index contributed by atoms with van der Waals surface area (Å²) in [5.41, 5.74) is 2.64. The SMILES string of the molecule is Cn1c(SCC(O)=C(C#N)c2nc3ccccc3[nH]2)nnc1-c1ccccc1. The predicted octanol–water partition coefficient (Wildman–Crippen LogP) is 3.94. The molecule has 0 spiro atoms. The standard InChI is InChI=1S/C20H16N6OS/c1-26-19(13-7-3-2-4-8-13)24-25-20(26)28-12-17(27)14(11-21)18-22-15-9-5-6-10-16(15)23-18/h2-10,27H,12H2,1H3,(H,22,23). The highest BCUT2D eigenvalue weighted by Gasteiger charge is 2.16. The zero-order valence-corrected chi connectivity index (χ0v) is 15.8. The van der Waals surface area contributed by atoms with Crippen molar-refractivity contribution in [3.05, 3.63) is 66.2 Å². The van der Waals surface area contributed by atoms with E-state index in [4.69, 9.17) is 0 Å². The Morgan fingerprint density at radius 1 is 1.14 bits per heavy atom. The Morgan fingerprint density at radius 2 is 1.89 bits per heavy atom. The van der Waals surface area contributed by atoms with E-state index in [0.717, 1.165) is 22.4 Å². The normalized spacial score (nSPS) is 12.0. The number of aromatic nitrogens is 5. The summed E-state index contributed by atoms with van der Waals surface area (Å²) in [7, 11) is 1.87. The molecular formula is C20H16N6OS. The van der Waals surface area contributed by atoms with Crippen LogP contribution in [0.25, 0.3) is 28.0 Å². The monoisotopic (exact) mass is 388 g/mol. The molecule has 2 heterocycles. The largest absolute Gasteiger partial charge is 0.510 e. The number of nitrogens with one attached hydrogen (secondary N) is 1. The minimum atomic E-state index is -0.0594. The number of thioether (sulfide) groups is 1. The average Bonchev–Trinajstić information content (AvgIpc) is 3.31. The number of benzene rings is 2. The van der Waals surface area contributed by atoms with Gasteiger partial charge < -0.3 is 14.7 Å². The van der Waals surface area contributed by atoms with Crippen molar-refractivity contribution in [2.45, 2.75) is 5.16 Å². The van der Waals surface area contributed by atoms with Gasteiger partial charge in [-0.2, -0.15) is 5.26 Å². The maximum Gasteiger partial charge on any atom is 0.191 e. The number of aliphatic hydroxyl groups is 1. The summed E-state index contributed by atoms with van der Waals surface area (Å²) < 4.78 is 1.86. The van der Waals surface area contributed by atoms with Crippen LogP contribution in [0.15, 0.2) is 65.5 Å². The van der Waals surface area contributed by atoms with Crippen LogP contribution in [0.4, 0.5) is 0 Å². The van der Waals surface area contributed by atoms with Gasteiger partial charge in [0.25, 0.3) is 0 Å². The van der Waals surface area contributed by atoms with E-state index < -0.39 is 0 Å². The van der Waals surface area contributed by atoms with Crippen molar-refractivity contribution in [1.29, 1.82) is 5.26 Å². The van der Waals surface area contributed by atoms with Crippen molar-refractivity contribution in [1.82, 2.24) is 24.7 Å². The van der Waals surface area contributed by atoms with Gasteiger partial charge >= 0.3 is 0 Å². The van der Waals surface area contributed by atoms with Crippen LogP contribution in [-0.2, 0) is 7.05 Å². The predicted molar refractivity (Wildman–Crippen MR) is 108 cm³/mol. The lowest BCUT2D eigenvalue weighted by atomic mass is 10.2. The first-order chi connectivity index (χ1) is 13.7. The van der Waals surface area contributed by atoms with Crippen LogP contribution in [0.2, 0.25) is 0 Å². The fourth-order valence-electron chi connectivity index (χ4n) is 2.81. The maximum atomic E-state index is 10.5. The van der Waals surface area contributed by atoms with Crippen molar-refractivity contribution in [3.8, 4) is 17.5 Å². The lowest BCUT2D eigenvalue weighted by molar-refractivity contribution is 0.420. The fourth-order valence-corrected chi connectivity index (χ4v) is 3.60. The molecule has 7 nitrogen and oxygen atoms in total. The Kier molecular flexibility index (Phi) is 4.83. The number of rotatable bonds is 5. The summed E-state index contributed by atoms with van der Waals surface area (Å²) in [5, 5.41) is 29.1. The van der Waals surface area contributed by atoms with Gasteiger partial charge in [0, 0.05) is 12.6 Å². The van der Waals surface area contributed by atoms with Crippen molar-refractivity contribution in [2.24, 2.45) is 7.05 Å². The van der Waals surface area contributed by atoms with Gasteiger partial charge in [-0.1, -0.05) is 54.2 Å². The minimum Gasteiger partial charge on any atom is -0.510 e. The van der Waals surface area contributed by atoms with E-state index in [0.29, 0.717) is 11.0 Å². The highest BCUT2D eigenvalue weighted by Crippen LogP contribution is 2.26. The summed E-state index contributed by atoms with van der Waals surface area (Å²) in [6.45, 7) is 0. The van der Waals surface area contributed by atoms with Gasteiger partial charge in [0.1, 0.15) is 17.4 Å². The van der Waals surface area contributed by atoms with E-state index in [1.165, 1.54) is 11.8 Å². The molecule has 0 saturated carbocycles. The van der Waals surface area contributed by atoms with Gasteiger partial charge in [0.2, 0.25) is 0 Å². The Labute approximate surface area is 165 Å². The number of aliphatic hydroxyl groups excluding tert-OH is 1. The first kappa shape index (κ1) is 17.8. The molecular weight excluding hydrogens is 372 g/mol. The minimum absolute atomic E-state index is 0.0594. The second-order valence-corrected chi connectivity index (χ2v) is 7.00. The van der Waals surface area contributed by atoms with Crippen LogP contribution in [-0.4, -0.2) is 35.6 Å². The molecule has 28 heavy (non-hydrogen) atoms. The third-order valence-corrected chi connectivity index (χ3v) is 5.26. The number of H-pyrrole nitrogens is 1. The molecule has 0 amide bonds. The molecule has 4 rings (SSSR count). The molecule has 0 saturated heterocycles. The van der Waals surface area contributed by atoms with Gasteiger partial charge in [-0.25, -0.2) is 4.98 Å². The number of hydrogen-bond donors (Lipinski definition) is 2. The van der Waals surface area contributed by atoms with Gasteiger partial charge in [0.05, 0.1) is 16.8 Å². The smallest absolute Gasteiger partial charge is 0.191 e. The Balaban J connectivity index is 1.57. The molecule has 0 bridgehead atoms. The molecule has 4 aromatic rings. The third-order valence-electron chi connectivity index (χ3n) is 4.23. The van der Waals surface area contributed by atoms with Gasteiger partial charge in [-0.3, -0.25) is 0 Å². The zero-order chi connectivity index (χ0) is 19.5. The Hall–Kier alpha value is -3.57. The van der Waals surface area contributed by atoms with Crippen LogP contribution >= 0.6 is 11.8 Å². The topological polar surface area (TPSA) is 103 Å². The molecule has 8 heteroatoms. The van der Waals surface area contributed by atoms with Crippen LogP contribution in [0.5, 0.6) is 0 Å².